The topological polar surface area (TPSA) is 71.1 Å². The van der Waals surface area contributed by atoms with Crippen molar-refractivity contribution >= 4 is 55.9 Å². The SMILES string of the molecule is CC(Sc1cccc(NC(=O)Cc2ccccc2)c1)C(=O)Nc1nc2ccccc2s1. The Balaban J connectivity index is 1.35. The average molecular weight is 448 g/mol. The largest absolute Gasteiger partial charge is 0.326 e. The Kier molecular flexibility index (Phi) is 6.64. The fraction of sp³-hybridized carbons (Fsp3) is 0.125. The molecule has 0 aliphatic carbocycles. The first-order valence-electron chi connectivity index (χ1n) is 9.84. The van der Waals surface area contributed by atoms with E-state index in [1.165, 1.54) is 23.1 Å². The van der Waals surface area contributed by atoms with Gasteiger partial charge in [-0.25, -0.2) is 4.98 Å². The Labute approximate surface area is 188 Å². The van der Waals surface area contributed by atoms with Gasteiger partial charge in [0.15, 0.2) is 5.13 Å². The van der Waals surface area contributed by atoms with Crippen LogP contribution in [0.15, 0.2) is 83.8 Å². The van der Waals surface area contributed by atoms with E-state index in [-0.39, 0.29) is 17.1 Å². The van der Waals surface area contributed by atoms with E-state index < -0.39 is 0 Å². The molecule has 0 radical (unpaired) electrons. The third kappa shape index (κ3) is 5.71. The highest BCUT2D eigenvalue weighted by atomic mass is 32.2. The molecular formula is C24H21N3O2S2. The molecule has 4 rings (SSSR count). The number of hydrogen-bond donors (Lipinski definition) is 2. The zero-order valence-corrected chi connectivity index (χ0v) is 18.5. The number of carbonyl (C=O) groups excluding carboxylic acids is 2. The number of hydrogen-bond acceptors (Lipinski definition) is 5. The van der Waals surface area contributed by atoms with Gasteiger partial charge in [-0.1, -0.05) is 59.9 Å². The summed E-state index contributed by atoms with van der Waals surface area (Å²) < 4.78 is 1.04. The summed E-state index contributed by atoms with van der Waals surface area (Å²) in [6.07, 6.45) is 0.319. The van der Waals surface area contributed by atoms with Crippen molar-refractivity contribution in [1.29, 1.82) is 0 Å². The van der Waals surface area contributed by atoms with Crippen LogP contribution >= 0.6 is 23.1 Å². The summed E-state index contributed by atoms with van der Waals surface area (Å²) in [5.41, 5.74) is 2.55. The minimum Gasteiger partial charge on any atom is -0.326 e. The maximum Gasteiger partial charge on any atom is 0.239 e. The fourth-order valence-corrected chi connectivity index (χ4v) is 4.82. The molecule has 2 N–H and O–H groups in total. The van der Waals surface area contributed by atoms with Crippen molar-refractivity contribution < 1.29 is 9.59 Å². The monoisotopic (exact) mass is 447 g/mol. The first-order chi connectivity index (χ1) is 15.1. The van der Waals surface area contributed by atoms with Gasteiger partial charge in [-0.05, 0) is 42.8 Å². The molecule has 0 saturated carbocycles. The molecule has 0 fully saturated rings. The van der Waals surface area contributed by atoms with E-state index in [2.05, 4.69) is 15.6 Å². The number of nitrogens with zero attached hydrogens (tertiary/aromatic N) is 1. The molecule has 1 aromatic heterocycles. The Hall–Kier alpha value is -3.16. The molecule has 5 nitrogen and oxygen atoms in total. The van der Waals surface area contributed by atoms with Crippen LogP contribution in [0.1, 0.15) is 12.5 Å². The van der Waals surface area contributed by atoms with Crippen LogP contribution in [0.25, 0.3) is 10.2 Å². The molecular weight excluding hydrogens is 426 g/mol. The zero-order chi connectivity index (χ0) is 21.6. The lowest BCUT2D eigenvalue weighted by Gasteiger charge is -2.12. The van der Waals surface area contributed by atoms with Crippen LogP contribution in [-0.2, 0) is 16.0 Å². The van der Waals surface area contributed by atoms with Gasteiger partial charge in [0.2, 0.25) is 11.8 Å². The van der Waals surface area contributed by atoms with Crippen LogP contribution in [0.2, 0.25) is 0 Å². The van der Waals surface area contributed by atoms with Gasteiger partial charge < -0.3 is 10.6 Å². The highest BCUT2D eigenvalue weighted by molar-refractivity contribution is 8.00. The van der Waals surface area contributed by atoms with Crippen LogP contribution in [0.5, 0.6) is 0 Å². The standard InChI is InChI=1S/C24H21N3O2S2/c1-16(23(29)27-24-26-20-12-5-6-13-21(20)31-24)30-19-11-7-10-18(15-19)25-22(28)14-17-8-3-2-4-9-17/h2-13,15-16H,14H2,1H3,(H,25,28)(H,26,27,29). The summed E-state index contributed by atoms with van der Waals surface area (Å²) in [6, 6.07) is 24.9. The number of thiazole rings is 1. The van der Waals surface area contributed by atoms with E-state index in [4.69, 9.17) is 0 Å². The first kappa shape index (κ1) is 21.1. The molecule has 31 heavy (non-hydrogen) atoms. The molecule has 0 aliphatic heterocycles. The van der Waals surface area contributed by atoms with Crippen LogP contribution < -0.4 is 10.6 Å². The molecule has 0 saturated heterocycles. The van der Waals surface area contributed by atoms with Crippen molar-refractivity contribution in [2.45, 2.75) is 23.5 Å². The number of rotatable bonds is 7. The maximum atomic E-state index is 12.6. The second kappa shape index (κ2) is 9.76. The highest BCUT2D eigenvalue weighted by Crippen LogP contribution is 2.29. The minimum absolute atomic E-state index is 0.0741. The Bertz CT molecular complexity index is 1170. The summed E-state index contributed by atoms with van der Waals surface area (Å²) in [5, 5.41) is 6.11. The van der Waals surface area contributed by atoms with E-state index in [1.54, 1.807) is 0 Å². The molecule has 1 heterocycles. The summed E-state index contributed by atoms with van der Waals surface area (Å²) >= 11 is 2.90. The van der Waals surface area contributed by atoms with E-state index in [0.717, 1.165) is 20.7 Å². The molecule has 4 aromatic rings. The van der Waals surface area contributed by atoms with Crippen molar-refractivity contribution in [3.05, 3.63) is 84.4 Å². The van der Waals surface area contributed by atoms with Crippen LogP contribution in [0, 0.1) is 0 Å². The number of fused-ring (bicyclic) bond motifs is 1. The fourth-order valence-electron chi connectivity index (χ4n) is 3.02. The Morgan fingerprint density at radius 3 is 2.55 bits per heavy atom. The van der Waals surface area contributed by atoms with Gasteiger partial charge in [-0.15, -0.1) is 11.8 Å². The lowest BCUT2D eigenvalue weighted by molar-refractivity contribution is -0.116. The molecule has 0 bridgehead atoms. The van der Waals surface area contributed by atoms with Gasteiger partial charge in [0.1, 0.15) is 0 Å². The van der Waals surface area contributed by atoms with E-state index in [9.17, 15) is 9.59 Å². The van der Waals surface area contributed by atoms with Gasteiger partial charge >= 0.3 is 0 Å². The molecule has 156 valence electrons. The number of para-hydroxylation sites is 1. The van der Waals surface area contributed by atoms with Crippen LogP contribution in [-0.4, -0.2) is 22.0 Å². The first-order valence-corrected chi connectivity index (χ1v) is 11.5. The molecule has 0 aliphatic rings. The summed E-state index contributed by atoms with van der Waals surface area (Å²) in [6.45, 7) is 1.86. The van der Waals surface area contributed by atoms with Gasteiger partial charge in [0.25, 0.3) is 0 Å². The molecule has 2 amide bonds. The lowest BCUT2D eigenvalue weighted by Crippen LogP contribution is -2.22. The van der Waals surface area contributed by atoms with Crippen LogP contribution in [0.4, 0.5) is 10.8 Å². The van der Waals surface area contributed by atoms with Crippen LogP contribution in [0.3, 0.4) is 0 Å². The van der Waals surface area contributed by atoms with Gasteiger partial charge in [0, 0.05) is 10.6 Å². The summed E-state index contributed by atoms with van der Waals surface area (Å²) in [5.74, 6) is -0.183. The highest BCUT2D eigenvalue weighted by Gasteiger charge is 2.17. The number of thioether (sulfide) groups is 1. The second-order valence-corrected chi connectivity index (χ2v) is 9.42. The van der Waals surface area contributed by atoms with Gasteiger partial charge in [-0.2, -0.15) is 0 Å². The predicted molar refractivity (Wildman–Crippen MR) is 129 cm³/mol. The minimum atomic E-state index is -0.317. The van der Waals surface area contributed by atoms with Crippen molar-refractivity contribution in [2.75, 3.05) is 10.6 Å². The number of amides is 2. The molecule has 1 unspecified atom stereocenters. The number of benzene rings is 3. The Morgan fingerprint density at radius 1 is 0.968 bits per heavy atom. The van der Waals surface area contributed by atoms with E-state index in [0.29, 0.717) is 17.2 Å². The van der Waals surface area contributed by atoms with Crippen molar-refractivity contribution in [2.24, 2.45) is 0 Å². The number of anilines is 2. The third-order valence-corrected chi connectivity index (χ3v) is 6.58. The summed E-state index contributed by atoms with van der Waals surface area (Å²) in [4.78, 5) is 30.3. The number of aromatic nitrogens is 1. The van der Waals surface area contributed by atoms with Gasteiger partial charge in [-0.3, -0.25) is 9.59 Å². The average Bonchev–Trinajstić information content (AvgIpc) is 3.17. The van der Waals surface area contributed by atoms with E-state index >= 15 is 0 Å². The van der Waals surface area contributed by atoms with Gasteiger partial charge in [0.05, 0.1) is 21.9 Å². The normalized spacial score (nSPS) is 11.8. The van der Waals surface area contributed by atoms with Crippen molar-refractivity contribution in [3.8, 4) is 0 Å². The molecule has 1 atom stereocenters. The number of carbonyl (C=O) groups is 2. The molecule has 0 spiro atoms. The predicted octanol–water partition coefficient (Wildman–Crippen LogP) is 5.60. The molecule has 3 aromatic carbocycles. The lowest BCUT2D eigenvalue weighted by atomic mass is 10.1. The second-order valence-electron chi connectivity index (χ2n) is 6.97. The number of nitrogens with one attached hydrogen (secondary N) is 2. The maximum absolute atomic E-state index is 12.6. The summed E-state index contributed by atoms with van der Waals surface area (Å²) in [7, 11) is 0. The smallest absolute Gasteiger partial charge is 0.239 e. The van der Waals surface area contributed by atoms with E-state index in [1.807, 2.05) is 85.8 Å². The molecule has 7 heteroatoms. The zero-order valence-electron chi connectivity index (χ0n) is 16.9. The Morgan fingerprint density at radius 2 is 1.74 bits per heavy atom. The van der Waals surface area contributed by atoms with Crippen molar-refractivity contribution in [3.63, 3.8) is 0 Å². The quantitative estimate of drug-likeness (QED) is 0.362. The van der Waals surface area contributed by atoms with Crippen molar-refractivity contribution in [1.82, 2.24) is 4.98 Å². The third-order valence-electron chi connectivity index (χ3n) is 4.53.